The molecule has 0 spiro atoms. The van der Waals surface area contributed by atoms with Crippen molar-refractivity contribution < 1.29 is 4.74 Å². The fraction of sp³-hybridized carbons (Fsp3) is 0.556. The highest BCUT2D eigenvalue weighted by Crippen LogP contribution is 2.41. The summed E-state index contributed by atoms with van der Waals surface area (Å²) in [6, 6.07) is 0. The molecule has 1 nitrogen and oxygen atoms in total. The van der Waals surface area contributed by atoms with E-state index in [9.17, 15) is 0 Å². The van der Waals surface area contributed by atoms with Gasteiger partial charge in [0.2, 0.25) is 0 Å². The summed E-state index contributed by atoms with van der Waals surface area (Å²) in [5.41, 5.74) is 1.19. The Kier molecular flexibility index (Phi) is 1.59. The van der Waals surface area contributed by atoms with Crippen LogP contribution in [0, 0.1) is 5.41 Å². The Hall–Kier alpha value is -0.720. The minimum Gasteiger partial charge on any atom is -0.498 e. The highest BCUT2D eigenvalue weighted by atomic mass is 16.5. The lowest BCUT2D eigenvalue weighted by atomic mass is 9.81. The molecule has 1 rings (SSSR count). The molecule has 1 fully saturated rings. The van der Waals surface area contributed by atoms with Crippen molar-refractivity contribution in [3.63, 3.8) is 0 Å². The third-order valence-corrected chi connectivity index (χ3v) is 2.44. The van der Waals surface area contributed by atoms with Gasteiger partial charge in [-0.25, -0.2) is 0 Å². The second-order valence-corrected chi connectivity index (χ2v) is 3.13. The maximum Gasteiger partial charge on any atom is 0.0988 e. The Morgan fingerprint density at radius 3 is 2.50 bits per heavy atom. The van der Waals surface area contributed by atoms with Crippen LogP contribution in [0.4, 0.5) is 0 Å². The van der Waals surface area contributed by atoms with E-state index in [1.165, 1.54) is 0 Å². The van der Waals surface area contributed by atoms with Gasteiger partial charge in [0.15, 0.2) is 0 Å². The van der Waals surface area contributed by atoms with Crippen molar-refractivity contribution >= 4 is 0 Å². The van der Waals surface area contributed by atoms with Crippen molar-refractivity contribution in [3.05, 3.63) is 24.5 Å². The first kappa shape index (κ1) is 7.39. The second kappa shape index (κ2) is 2.15. The summed E-state index contributed by atoms with van der Waals surface area (Å²) in [6.07, 6.45) is 1.03. The van der Waals surface area contributed by atoms with Crippen LogP contribution < -0.4 is 0 Å². The Morgan fingerprint density at radius 2 is 2.30 bits per heavy atom. The molecule has 0 radical (unpaired) electrons. The molecule has 10 heavy (non-hydrogen) atoms. The van der Waals surface area contributed by atoms with E-state index >= 15 is 0 Å². The van der Waals surface area contributed by atoms with Crippen molar-refractivity contribution in [1.82, 2.24) is 0 Å². The first-order chi connectivity index (χ1) is 4.57. The standard InChI is InChI=1S/C9H14O/c1-7(2)9(4)5-6-10-8(9)3/h1,3,5-6H2,2,4H3. The molecule has 0 N–H and O–H groups in total. The molecule has 0 amide bonds. The van der Waals surface area contributed by atoms with Crippen LogP contribution in [0.1, 0.15) is 20.3 Å². The molecule has 1 unspecified atom stereocenters. The molecule has 1 atom stereocenters. The van der Waals surface area contributed by atoms with Crippen LogP contribution in [0.15, 0.2) is 24.5 Å². The highest BCUT2D eigenvalue weighted by Gasteiger charge is 2.34. The zero-order chi connectivity index (χ0) is 7.78. The molecular formula is C9H14O. The molecule has 1 aliphatic heterocycles. The molecule has 1 heteroatoms. The van der Waals surface area contributed by atoms with E-state index < -0.39 is 0 Å². The fourth-order valence-electron chi connectivity index (χ4n) is 1.13. The number of ether oxygens (including phenoxy) is 1. The van der Waals surface area contributed by atoms with E-state index in [2.05, 4.69) is 20.1 Å². The van der Waals surface area contributed by atoms with Gasteiger partial charge < -0.3 is 4.74 Å². The van der Waals surface area contributed by atoms with Gasteiger partial charge in [0.1, 0.15) is 0 Å². The maximum atomic E-state index is 5.27. The van der Waals surface area contributed by atoms with E-state index in [1.54, 1.807) is 0 Å². The van der Waals surface area contributed by atoms with Gasteiger partial charge in [0, 0.05) is 5.41 Å². The first-order valence-corrected chi connectivity index (χ1v) is 3.55. The minimum absolute atomic E-state index is 0.0417. The Morgan fingerprint density at radius 1 is 1.70 bits per heavy atom. The summed E-state index contributed by atoms with van der Waals surface area (Å²) >= 11 is 0. The predicted octanol–water partition coefficient (Wildman–Crippen LogP) is 2.50. The quantitative estimate of drug-likeness (QED) is 0.506. The Bertz CT molecular complexity index is 181. The van der Waals surface area contributed by atoms with Crippen molar-refractivity contribution in [2.75, 3.05) is 6.61 Å². The number of rotatable bonds is 1. The van der Waals surface area contributed by atoms with Crippen LogP contribution in [0.25, 0.3) is 0 Å². The van der Waals surface area contributed by atoms with Gasteiger partial charge in [-0.15, -0.1) is 0 Å². The van der Waals surface area contributed by atoms with Crippen molar-refractivity contribution in [1.29, 1.82) is 0 Å². The van der Waals surface area contributed by atoms with Gasteiger partial charge in [0.05, 0.1) is 12.4 Å². The molecule has 1 saturated heterocycles. The third-order valence-electron chi connectivity index (χ3n) is 2.44. The zero-order valence-electron chi connectivity index (χ0n) is 6.74. The molecule has 56 valence electrons. The molecule has 0 saturated carbocycles. The number of allylic oxidation sites excluding steroid dienone is 1. The summed E-state index contributed by atoms with van der Waals surface area (Å²) in [6.45, 7) is 12.7. The van der Waals surface area contributed by atoms with Gasteiger partial charge >= 0.3 is 0 Å². The molecule has 0 aromatic rings. The van der Waals surface area contributed by atoms with Crippen LogP contribution in [0.5, 0.6) is 0 Å². The Labute approximate surface area is 62.4 Å². The number of hydrogen-bond acceptors (Lipinski definition) is 1. The van der Waals surface area contributed by atoms with E-state index in [0.29, 0.717) is 0 Å². The molecule has 1 heterocycles. The normalized spacial score (nSPS) is 32.0. The van der Waals surface area contributed by atoms with E-state index in [0.717, 1.165) is 24.4 Å². The molecule has 0 aliphatic carbocycles. The average molecular weight is 138 g/mol. The highest BCUT2D eigenvalue weighted by molar-refractivity contribution is 5.21. The lowest BCUT2D eigenvalue weighted by Crippen LogP contribution is -2.14. The Balaban J connectivity index is 2.86. The molecule has 1 aliphatic rings. The minimum atomic E-state index is 0.0417. The summed E-state index contributed by atoms with van der Waals surface area (Å²) in [7, 11) is 0. The van der Waals surface area contributed by atoms with Crippen LogP contribution in [0.2, 0.25) is 0 Å². The van der Waals surface area contributed by atoms with E-state index in [-0.39, 0.29) is 5.41 Å². The van der Waals surface area contributed by atoms with Crippen LogP contribution in [0.3, 0.4) is 0 Å². The maximum absolute atomic E-state index is 5.27. The summed E-state index contributed by atoms with van der Waals surface area (Å²) in [5.74, 6) is 0.875. The van der Waals surface area contributed by atoms with Crippen LogP contribution >= 0.6 is 0 Å². The largest absolute Gasteiger partial charge is 0.498 e. The van der Waals surface area contributed by atoms with Crippen molar-refractivity contribution in [2.45, 2.75) is 20.3 Å². The van der Waals surface area contributed by atoms with Gasteiger partial charge in [0.25, 0.3) is 0 Å². The fourth-order valence-corrected chi connectivity index (χ4v) is 1.13. The monoisotopic (exact) mass is 138 g/mol. The lowest BCUT2D eigenvalue weighted by Gasteiger charge is -2.22. The smallest absolute Gasteiger partial charge is 0.0988 e. The molecule has 0 aromatic heterocycles. The summed E-state index contributed by atoms with van der Waals surface area (Å²) < 4.78 is 5.27. The predicted molar refractivity (Wildman–Crippen MR) is 42.6 cm³/mol. The number of hydrogen-bond donors (Lipinski definition) is 0. The van der Waals surface area contributed by atoms with Gasteiger partial charge in [-0.3, -0.25) is 0 Å². The van der Waals surface area contributed by atoms with Crippen molar-refractivity contribution in [2.24, 2.45) is 5.41 Å². The summed E-state index contributed by atoms with van der Waals surface area (Å²) in [5, 5.41) is 0. The lowest BCUT2D eigenvalue weighted by molar-refractivity contribution is 0.254. The topological polar surface area (TPSA) is 9.23 Å². The van der Waals surface area contributed by atoms with E-state index in [1.807, 2.05) is 6.92 Å². The third kappa shape index (κ3) is 0.859. The second-order valence-electron chi connectivity index (χ2n) is 3.13. The average Bonchev–Trinajstić information content (AvgIpc) is 2.15. The van der Waals surface area contributed by atoms with Crippen LogP contribution in [-0.4, -0.2) is 6.61 Å². The molecule has 0 bridgehead atoms. The molecule has 0 aromatic carbocycles. The van der Waals surface area contributed by atoms with Crippen molar-refractivity contribution in [3.8, 4) is 0 Å². The first-order valence-electron chi connectivity index (χ1n) is 3.55. The van der Waals surface area contributed by atoms with Gasteiger partial charge in [-0.2, -0.15) is 0 Å². The SMILES string of the molecule is C=C(C)C1(C)CCOC1=C. The summed E-state index contributed by atoms with van der Waals surface area (Å²) in [4.78, 5) is 0. The van der Waals surface area contributed by atoms with Crippen LogP contribution in [-0.2, 0) is 4.74 Å². The molecular weight excluding hydrogens is 124 g/mol. The zero-order valence-corrected chi connectivity index (χ0v) is 6.74. The van der Waals surface area contributed by atoms with Gasteiger partial charge in [-0.1, -0.05) is 18.7 Å². The van der Waals surface area contributed by atoms with Gasteiger partial charge in [-0.05, 0) is 20.3 Å². The van der Waals surface area contributed by atoms with E-state index in [4.69, 9.17) is 4.74 Å².